The molecule has 4 heteroatoms. The number of carbonyl (C=O) groups is 1. The molecule has 2 aliphatic heterocycles. The predicted molar refractivity (Wildman–Crippen MR) is 50.9 cm³/mol. The maximum Gasteiger partial charge on any atom is 0.313 e. The van der Waals surface area contributed by atoms with Crippen LogP contribution in [0.4, 0.5) is 0 Å². The molecule has 0 aromatic heterocycles. The molecule has 4 nitrogen and oxygen atoms in total. The van der Waals surface area contributed by atoms with Gasteiger partial charge in [0.2, 0.25) is 0 Å². The molecule has 80 valence electrons. The minimum absolute atomic E-state index is 0.00604. The standard InChI is InChI=1S/C10H17NO3/c1-2-10(3-4-11-7-10)9(12)14-8-5-13-6-8/h8,11H,2-7H2,1H3. The fraction of sp³-hybridized carbons (Fsp3) is 0.900. The predicted octanol–water partition coefficient (Wildman–Crippen LogP) is 0.318. The van der Waals surface area contributed by atoms with Crippen molar-refractivity contribution in [2.75, 3.05) is 26.3 Å². The van der Waals surface area contributed by atoms with Crippen LogP contribution in [0.2, 0.25) is 0 Å². The Morgan fingerprint density at radius 3 is 2.86 bits per heavy atom. The molecule has 1 unspecified atom stereocenters. The second-order valence-corrected chi connectivity index (χ2v) is 4.13. The second-order valence-electron chi connectivity index (χ2n) is 4.13. The first kappa shape index (κ1) is 9.93. The largest absolute Gasteiger partial charge is 0.457 e. The monoisotopic (exact) mass is 199 g/mol. The highest BCUT2D eigenvalue weighted by molar-refractivity contribution is 5.77. The number of esters is 1. The number of hydrogen-bond donors (Lipinski definition) is 1. The summed E-state index contributed by atoms with van der Waals surface area (Å²) in [6, 6.07) is 0. The molecule has 0 spiro atoms. The SMILES string of the molecule is CCC1(C(=O)OC2COC2)CCNC1. The van der Waals surface area contributed by atoms with E-state index < -0.39 is 0 Å². The molecule has 0 radical (unpaired) electrons. The third-order valence-electron chi connectivity index (χ3n) is 3.23. The van der Waals surface area contributed by atoms with Gasteiger partial charge in [0.15, 0.2) is 0 Å². The average Bonchev–Trinajstić information content (AvgIpc) is 2.60. The van der Waals surface area contributed by atoms with E-state index in [0.29, 0.717) is 13.2 Å². The lowest BCUT2D eigenvalue weighted by molar-refractivity contribution is -0.182. The second kappa shape index (κ2) is 3.87. The van der Waals surface area contributed by atoms with Crippen molar-refractivity contribution in [1.82, 2.24) is 5.32 Å². The molecule has 0 amide bonds. The zero-order chi connectivity index (χ0) is 10.0. The van der Waals surface area contributed by atoms with Gasteiger partial charge in [-0.25, -0.2) is 0 Å². The first-order valence-corrected chi connectivity index (χ1v) is 5.26. The van der Waals surface area contributed by atoms with Gasteiger partial charge in [-0.3, -0.25) is 4.79 Å². The van der Waals surface area contributed by atoms with Crippen LogP contribution >= 0.6 is 0 Å². The molecule has 14 heavy (non-hydrogen) atoms. The molecule has 2 rings (SSSR count). The molecule has 0 saturated carbocycles. The van der Waals surface area contributed by atoms with Crippen LogP contribution in [0.3, 0.4) is 0 Å². The maximum atomic E-state index is 11.9. The van der Waals surface area contributed by atoms with E-state index in [1.165, 1.54) is 0 Å². The average molecular weight is 199 g/mol. The number of hydrogen-bond acceptors (Lipinski definition) is 4. The lowest BCUT2D eigenvalue weighted by atomic mass is 9.84. The summed E-state index contributed by atoms with van der Waals surface area (Å²) in [5, 5.41) is 3.22. The minimum Gasteiger partial charge on any atom is -0.457 e. The van der Waals surface area contributed by atoms with Gasteiger partial charge in [-0.05, 0) is 19.4 Å². The van der Waals surface area contributed by atoms with Crippen molar-refractivity contribution in [1.29, 1.82) is 0 Å². The molecule has 2 heterocycles. The van der Waals surface area contributed by atoms with Crippen LogP contribution in [-0.2, 0) is 14.3 Å². The van der Waals surface area contributed by atoms with Crippen LogP contribution in [0.25, 0.3) is 0 Å². The number of nitrogens with one attached hydrogen (secondary N) is 1. The van der Waals surface area contributed by atoms with Gasteiger partial charge in [0.1, 0.15) is 6.10 Å². The quantitative estimate of drug-likeness (QED) is 0.665. The smallest absolute Gasteiger partial charge is 0.313 e. The van der Waals surface area contributed by atoms with Crippen molar-refractivity contribution >= 4 is 5.97 Å². The van der Waals surface area contributed by atoms with E-state index in [1.54, 1.807) is 0 Å². The van der Waals surface area contributed by atoms with E-state index >= 15 is 0 Å². The Bertz CT molecular complexity index is 219. The first-order chi connectivity index (χ1) is 6.77. The summed E-state index contributed by atoms with van der Waals surface area (Å²) in [5.41, 5.74) is -0.268. The van der Waals surface area contributed by atoms with E-state index in [2.05, 4.69) is 5.32 Å². The molecule has 0 aliphatic carbocycles. The van der Waals surface area contributed by atoms with Gasteiger partial charge in [-0.2, -0.15) is 0 Å². The van der Waals surface area contributed by atoms with Crippen molar-refractivity contribution in [3.05, 3.63) is 0 Å². The lowest BCUT2D eigenvalue weighted by Gasteiger charge is -2.31. The third-order valence-corrected chi connectivity index (χ3v) is 3.23. The van der Waals surface area contributed by atoms with Crippen molar-refractivity contribution in [3.8, 4) is 0 Å². The molecule has 0 bridgehead atoms. The Hall–Kier alpha value is -0.610. The molecule has 2 fully saturated rings. The summed E-state index contributed by atoms with van der Waals surface area (Å²) >= 11 is 0. The highest BCUT2D eigenvalue weighted by atomic mass is 16.6. The van der Waals surface area contributed by atoms with Gasteiger partial charge in [0.25, 0.3) is 0 Å². The van der Waals surface area contributed by atoms with Gasteiger partial charge in [-0.15, -0.1) is 0 Å². The fourth-order valence-corrected chi connectivity index (χ4v) is 1.92. The van der Waals surface area contributed by atoms with Gasteiger partial charge < -0.3 is 14.8 Å². The molecule has 2 aliphatic rings. The van der Waals surface area contributed by atoms with Crippen LogP contribution in [0.5, 0.6) is 0 Å². The fourth-order valence-electron chi connectivity index (χ4n) is 1.92. The topological polar surface area (TPSA) is 47.6 Å². The van der Waals surface area contributed by atoms with Gasteiger partial charge >= 0.3 is 5.97 Å². The summed E-state index contributed by atoms with van der Waals surface area (Å²) in [4.78, 5) is 11.9. The Morgan fingerprint density at radius 1 is 1.64 bits per heavy atom. The highest BCUT2D eigenvalue weighted by Gasteiger charge is 2.42. The third kappa shape index (κ3) is 1.64. The van der Waals surface area contributed by atoms with Crippen molar-refractivity contribution in [2.24, 2.45) is 5.41 Å². The molecule has 1 N–H and O–H groups in total. The van der Waals surface area contributed by atoms with Crippen LogP contribution in [0, 0.1) is 5.41 Å². The van der Waals surface area contributed by atoms with Crippen molar-refractivity contribution in [2.45, 2.75) is 25.9 Å². The summed E-state index contributed by atoms with van der Waals surface area (Å²) < 4.78 is 10.3. The van der Waals surface area contributed by atoms with Gasteiger partial charge in [0.05, 0.1) is 18.6 Å². The minimum atomic E-state index is -0.268. The van der Waals surface area contributed by atoms with E-state index in [0.717, 1.165) is 25.9 Å². The molecule has 1 atom stereocenters. The van der Waals surface area contributed by atoms with E-state index in [1.807, 2.05) is 6.92 Å². The molecule has 0 aromatic carbocycles. The van der Waals surface area contributed by atoms with Crippen LogP contribution in [0.1, 0.15) is 19.8 Å². The maximum absolute atomic E-state index is 11.9. The van der Waals surface area contributed by atoms with Gasteiger partial charge in [-0.1, -0.05) is 6.92 Å². The van der Waals surface area contributed by atoms with E-state index in [-0.39, 0.29) is 17.5 Å². The molecule has 0 aromatic rings. The van der Waals surface area contributed by atoms with Crippen LogP contribution in [-0.4, -0.2) is 38.4 Å². The summed E-state index contributed by atoms with van der Waals surface area (Å²) in [7, 11) is 0. The number of carbonyl (C=O) groups excluding carboxylic acids is 1. The zero-order valence-corrected chi connectivity index (χ0v) is 8.54. The Kier molecular flexibility index (Phi) is 2.74. The van der Waals surface area contributed by atoms with E-state index in [9.17, 15) is 4.79 Å². The normalized spacial score (nSPS) is 32.6. The van der Waals surface area contributed by atoms with Crippen molar-refractivity contribution < 1.29 is 14.3 Å². The van der Waals surface area contributed by atoms with Crippen LogP contribution in [0.15, 0.2) is 0 Å². The Balaban J connectivity index is 1.92. The van der Waals surface area contributed by atoms with Gasteiger partial charge in [0, 0.05) is 6.54 Å². The lowest BCUT2D eigenvalue weighted by Crippen LogP contribution is -2.43. The highest BCUT2D eigenvalue weighted by Crippen LogP contribution is 2.31. The zero-order valence-electron chi connectivity index (χ0n) is 8.54. The summed E-state index contributed by atoms with van der Waals surface area (Å²) in [6.07, 6.45) is 1.76. The van der Waals surface area contributed by atoms with Crippen LogP contribution < -0.4 is 5.32 Å². The molecular formula is C10H17NO3. The van der Waals surface area contributed by atoms with E-state index in [4.69, 9.17) is 9.47 Å². The molecular weight excluding hydrogens is 182 g/mol. The summed E-state index contributed by atoms with van der Waals surface area (Å²) in [5.74, 6) is -0.0432. The first-order valence-electron chi connectivity index (χ1n) is 5.26. The summed E-state index contributed by atoms with van der Waals surface area (Å²) in [6.45, 7) is 4.86. The van der Waals surface area contributed by atoms with Crippen molar-refractivity contribution in [3.63, 3.8) is 0 Å². The number of ether oxygens (including phenoxy) is 2. The Labute approximate surface area is 84.0 Å². The Morgan fingerprint density at radius 2 is 2.43 bits per heavy atom. The number of rotatable bonds is 3. The molecule has 2 saturated heterocycles.